The van der Waals surface area contributed by atoms with Crippen molar-refractivity contribution in [1.82, 2.24) is 0 Å². The molecule has 0 aromatic heterocycles. The van der Waals surface area contributed by atoms with Gasteiger partial charge >= 0.3 is 35.8 Å². The van der Waals surface area contributed by atoms with Crippen LogP contribution in [0.15, 0.2) is 54.6 Å². The summed E-state index contributed by atoms with van der Waals surface area (Å²) in [4.78, 5) is 74.2. The summed E-state index contributed by atoms with van der Waals surface area (Å²) < 4.78 is 63.4. The van der Waals surface area contributed by atoms with E-state index >= 15 is 4.39 Å². The van der Waals surface area contributed by atoms with Crippen LogP contribution < -0.4 is 4.74 Å². The number of hydrogen-bond donors (Lipinski definition) is 0. The summed E-state index contributed by atoms with van der Waals surface area (Å²) in [5, 5.41) is 0. The third-order valence-electron chi connectivity index (χ3n) is 11.2. The predicted octanol–water partition coefficient (Wildman–Crippen LogP) is 7.91. The fraction of sp³-hybridized carbons (Fsp3) is 0.569. The smallest absolute Gasteiger partial charge is 0.417 e. The van der Waals surface area contributed by atoms with E-state index in [1.54, 1.807) is 24.3 Å². The minimum atomic E-state index is -1.33. The van der Waals surface area contributed by atoms with E-state index in [1.807, 2.05) is 6.07 Å². The van der Waals surface area contributed by atoms with Crippen LogP contribution in [0.1, 0.15) is 108 Å². The van der Waals surface area contributed by atoms with Crippen LogP contribution >= 0.6 is 0 Å². The maximum absolute atomic E-state index is 16.4. The molecule has 0 bridgehead atoms. The van der Waals surface area contributed by atoms with Crippen molar-refractivity contribution in [2.45, 2.75) is 104 Å². The summed E-state index contributed by atoms with van der Waals surface area (Å²) >= 11 is 0. The number of aryl methyl sites for hydroxylation is 2. The average molecular weight is 941 g/mol. The van der Waals surface area contributed by atoms with Gasteiger partial charge in [-0.1, -0.05) is 57.9 Å². The molecule has 3 rings (SSSR count). The first kappa shape index (κ1) is 55.7. The van der Waals surface area contributed by atoms with E-state index in [2.05, 4.69) is 20.1 Å². The highest BCUT2D eigenvalue weighted by Crippen LogP contribution is 2.40. The van der Waals surface area contributed by atoms with E-state index in [0.717, 1.165) is 31.2 Å². The Kier molecular flexibility index (Phi) is 25.5. The molecule has 2 aromatic carbocycles. The molecule has 2 aromatic rings. The normalized spacial score (nSPS) is 14.4. The topological polar surface area (TPSA) is 185 Å². The van der Waals surface area contributed by atoms with Crippen LogP contribution in [-0.4, -0.2) is 109 Å². The van der Waals surface area contributed by atoms with Crippen molar-refractivity contribution in [3.8, 4) is 16.9 Å². The number of carbonyl (C=O) groups excluding carboxylic acids is 6. The highest BCUT2D eigenvalue weighted by atomic mass is 19.1. The van der Waals surface area contributed by atoms with Crippen molar-refractivity contribution in [3.63, 3.8) is 0 Å². The molecule has 1 aliphatic rings. The van der Waals surface area contributed by atoms with Crippen molar-refractivity contribution < 1.29 is 75.8 Å². The molecule has 0 spiro atoms. The number of halogens is 1. The molecular formula is C51H69FO15. The number of ether oxygens (including phenoxy) is 9. The first-order valence-corrected chi connectivity index (χ1v) is 23.1. The van der Waals surface area contributed by atoms with E-state index in [1.165, 1.54) is 53.8 Å². The Balaban J connectivity index is 2.01. The third kappa shape index (κ3) is 20.0. The van der Waals surface area contributed by atoms with Crippen molar-refractivity contribution >= 4 is 35.8 Å². The van der Waals surface area contributed by atoms with Gasteiger partial charge in [0.15, 0.2) is 0 Å². The first-order valence-electron chi connectivity index (χ1n) is 23.1. The Bertz CT molecular complexity index is 1880. The zero-order valence-electron chi connectivity index (χ0n) is 39.9. The van der Waals surface area contributed by atoms with Crippen LogP contribution in [0.25, 0.3) is 11.1 Å². The lowest BCUT2D eigenvalue weighted by molar-refractivity contribution is -0.172. The molecule has 16 heteroatoms. The van der Waals surface area contributed by atoms with Crippen molar-refractivity contribution in [3.05, 3.63) is 77.1 Å². The molecule has 1 fully saturated rings. The number of rotatable bonds is 29. The fourth-order valence-electron chi connectivity index (χ4n) is 7.46. The van der Waals surface area contributed by atoms with Crippen molar-refractivity contribution in [2.75, 3.05) is 73.7 Å². The quantitative estimate of drug-likeness (QED) is 0.0252. The van der Waals surface area contributed by atoms with Crippen LogP contribution in [0.2, 0.25) is 0 Å². The van der Waals surface area contributed by atoms with Gasteiger partial charge in [0.05, 0.1) is 39.0 Å². The number of esters is 6. The summed E-state index contributed by atoms with van der Waals surface area (Å²) in [6.07, 6.45) is 10.4. The molecule has 0 saturated heterocycles. The van der Waals surface area contributed by atoms with Gasteiger partial charge in [-0.15, -0.1) is 0 Å². The Morgan fingerprint density at radius 2 is 1.10 bits per heavy atom. The monoisotopic (exact) mass is 940 g/mol. The number of benzene rings is 2. The van der Waals surface area contributed by atoms with Gasteiger partial charge in [0.1, 0.15) is 38.0 Å². The zero-order chi connectivity index (χ0) is 49.1. The summed E-state index contributed by atoms with van der Waals surface area (Å²) in [6, 6.07) is 9.00. The van der Waals surface area contributed by atoms with Crippen molar-refractivity contribution in [1.29, 1.82) is 0 Å². The minimum Gasteiger partial charge on any atom is -0.492 e. The number of unbranched alkanes of at least 4 members (excludes halogenated alkanes) is 2. The molecule has 0 radical (unpaired) electrons. The number of methoxy groups -OCH3 is 2. The second-order valence-corrected chi connectivity index (χ2v) is 16.7. The van der Waals surface area contributed by atoms with E-state index in [0.29, 0.717) is 46.8 Å². The maximum atomic E-state index is 16.4. The van der Waals surface area contributed by atoms with E-state index in [-0.39, 0.29) is 82.0 Å². The molecule has 0 amide bonds. The summed E-state index contributed by atoms with van der Waals surface area (Å²) in [6.45, 7) is 11.0. The molecule has 67 heavy (non-hydrogen) atoms. The minimum absolute atomic E-state index is 0.0287. The Morgan fingerprint density at radius 1 is 0.612 bits per heavy atom. The van der Waals surface area contributed by atoms with Gasteiger partial charge in [-0.05, 0) is 118 Å². The lowest BCUT2D eigenvalue weighted by Crippen LogP contribution is -2.31. The van der Waals surface area contributed by atoms with Gasteiger partial charge in [0.25, 0.3) is 0 Å². The van der Waals surface area contributed by atoms with Gasteiger partial charge in [0, 0.05) is 30.9 Å². The van der Waals surface area contributed by atoms with E-state index < -0.39 is 54.9 Å². The van der Waals surface area contributed by atoms with Gasteiger partial charge < -0.3 is 42.6 Å². The summed E-state index contributed by atoms with van der Waals surface area (Å²) in [5.41, 5.74) is 3.54. The predicted molar refractivity (Wildman–Crippen MR) is 245 cm³/mol. The van der Waals surface area contributed by atoms with Crippen LogP contribution in [0.3, 0.4) is 0 Å². The second kappa shape index (κ2) is 30.6. The molecule has 370 valence electrons. The fourth-order valence-corrected chi connectivity index (χ4v) is 7.46. The Morgan fingerprint density at radius 3 is 1.57 bits per heavy atom. The van der Waals surface area contributed by atoms with E-state index in [9.17, 15) is 28.8 Å². The van der Waals surface area contributed by atoms with E-state index in [4.69, 9.17) is 42.6 Å². The number of carbonyl (C=O) groups is 6. The zero-order valence-corrected chi connectivity index (χ0v) is 39.9. The van der Waals surface area contributed by atoms with Gasteiger partial charge in [-0.25, -0.2) is 33.2 Å². The van der Waals surface area contributed by atoms with Gasteiger partial charge in [-0.3, -0.25) is 0 Å². The number of hydrogen-bond acceptors (Lipinski definition) is 15. The lowest BCUT2D eigenvalue weighted by atomic mass is 9.77. The van der Waals surface area contributed by atoms with Gasteiger partial charge in [0.2, 0.25) is 0 Å². The molecular weight excluding hydrogens is 872 g/mol. The molecule has 0 heterocycles. The molecule has 0 aliphatic heterocycles. The Hall–Kier alpha value is -5.61. The molecule has 15 nitrogen and oxygen atoms in total. The molecule has 0 N–H and O–H groups in total. The standard InChI is InChI=1S/C51H69FO15/c1-8-9-10-13-36-16-18-38(19-17-36)39-20-21-43(44(52)30-39)42-28-40(14-11-22-61-46(53)34(2)3)45(41(29-42)15-12-23-62-47(54)35(4)5)65-31-37(32-66-50(57)48(55)63-26-24-59-6)33-67-51(58)49(56)64-27-25-60-7/h20-21,28-30,36-38H,2,4,8-19,22-27,31-33H2,1,3,5-7H3. The highest BCUT2D eigenvalue weighted by Gasteiger charge is 2.27. The van der Waals surface area contributed by atoms with Crippen LogP contribution in [0, 0.1) is 17.7 Å². The van der Waals surface area contributed by atoms with Gasteiger partial charge in [-0.2, -0.15) is 0 Å². The highest BCUT2D eigenvalue weighted by molar-refractivity contribution is 6.30. The van der Waals surface area contributed by atoms with Crippen LogP contribution in [-0.2, 0) is 79.5 Å². The Labute approximate surface area is 393 Å². The van der Waals surface area contributed by atoms with Crippen molar-refractivity contribution in [2.24, 2.45) is 11.8 Å². The third-order valence-corrected chi connectivity index (χ3v) is 11.2. The largest absolute Gasteiger partial charge is 0.492 e. The first-order chi connectivity index (χ1) is 32.2. The lowest BCUT2D eigenvalue weighted by Gasteiger charge is -2.29. The molecule has 1 saturated carbocycles. The molecule has 1 aliphatic carbocycles. The molecule has 0 unspecified atom stereocenters. The SMILES string of the molecule is C=C(C)C(=O)OCCCc1cc(-c2ccc(C3CCC(CCCCC)CC3)cc2F)cc(CCCOC(=O)C(=C)C)c1OCC(COC(=O)C(=O)OCCOC)COC(=O)C(=O)OCCOC. The second-order valence-electron chi connectivity index (χ2n) is 16.7. The average Bonchev–Trinajstić information content (AvgIpc) is 3.31. The molecule has 0 atom stereocenters. The van der Waals surface area contributed by atoms with Crippen LogP contribution in [0.5, 0.6) is 5.75 Å². The van der Waals surface area contributed by atoms with Crippen LogP contribution in [0.4, 0.5) is 4.39 Å². The maximum Gasteiger partial charge on any atom is 0.417 e. The summed E-state index contributed by atoms with van der Waals surface area (Å²) in [5.74, 6) is -6.34. The summed E-state index contributed by atoms with van der Waals surface area (Å²) in [7, 11) is 2.78.